The molecule has 3 nitrogen and oxygen atoms in total. The molecule has 0 amide bonds. The zero-order valence-electron chi connectivity index (χ0n) is 11.2. The summed E-state index contributed by atoms with van der Waals surface area (Å²) in [6, 6.07) is 6.90. The molecular formula is C15H20ClNO2. The second-order valence-electron chi connectivity index (χ2n) is 5.22. The minimum atomic E-state index is -0.832. The van der Waals surface area contributed by atoms with Gasteiger partial charge in [0.2, 0.25) is 0 Å². The van der Waals surface area contributed by atoms with Crippen LogP contribution in [0.25, 0.3) is 0 Å². The lowest BCUT2D eigenvalue weighted by Crippen LogP contribution is -2.40. The predicted octanol–water partition coefficient (Wildman–Crippen LogP) is 3.73. The maximum Gasteiger partial charge on any atom is 0.325 e. The summed E-state index contributed by atoms with van der Waals surface area (Å²) in [5, 5.41) is 10.1. The maximum absolute atomic E-state index is 11.6. The largest absolute Gasteiger partial charge is 0.480 e. The van der Waals surface area contributed by atoms with Crippen molar-refractivity contribution in [3.63, 3.8) is 0 Å². The first-order valence-electron chi connectivity index (χ1n) is 6.80. The summed E-state index contributed by atoms with van der Waals surface area (Å²) >= 11 is 6.16. The highest BCUT2D eigenvalue weighted by atomic mass is 35.5. The number of benzene rings is 1. The number of carboxylic acid groups (broad SMARTS) is 1. The van der Waals surface area contributed by atoms with E-state index >= 15 is 0 Å². The molecule has 0 aromatic heterocycles. The smallest absolute Gasteiger partial charge is 0.325 e. The van der Waals surface area contributed by atoms with Crippen molar-refractivity contribution < 1.29 is 9.90 Å². The van der Waals surface area contributed by atoms with Crippen LogP contribution in [0.1, 0.15) is 43.7 Å². The van der Waals surface area contributed by atoms with Crippen LogP contribution in [0.2, 0.25) is 5.02 Å². The number of rotatable bonds is 4. The lowest BCUT2D eigenvalue weighted by Gasteiger charge is -2.35. The van der Waals surface area contributed by atoms with Gasteiger partial charge in [0.05, 0.1) is 0 Å². The Hall–Kier alpha value is -1.06. The third kappa shape index (κ3) is 3.28. The van der Waals surface area contributed by atoms with E-state index in [1.54, 1.807) is 12.1 Å². The Morgan fingerprint density at radius 3 is 2.53 bits per heavy atom. The van der Waals surface area contributed by atoms with Crippen LogP contribution in [0.5, 0.6) is 0 Å². The molecule has 0 saturated heterocycles. The molecule has 19 heavy (non-hydrogen) atoms. The standard InChI is InChI=1S/C15H20ClNO2/c1-17(11-7-3-2-4-8-11)14(15(18)19)12-9-5-6-10-13(12)16/h5-6,9-11,14H,2-4,7-8H2,1H3,(H,18,19). The first-order valence-corrected chi connectivity index (χ1v) is 7.18. The van der Waals surface area contributed by atoms with Gasteiger partial charge in [0, 0.05) is 11.1 Å². The van der Waals surface area contributed by atoms with Gasteiger partial charge in [-0.3, -0.25) is 9.69 Å². The molecule has 1 unspecified atom stereocenters. The number of hydrogen-bond donors (Lipinski definition) is 1. The van der Waals surface area contributed by atoms with Crippen molar-refractivity contribution >= 4 is 17.6 Å². The molecule has 104 valence electrons. The topological polar surface area (TPSA) is 40.5 Å². The molecule has 1 aliphatic carbocycles. The zero-order chi connectivity index (χ0) is 13.8. The number of halogens is 1. The highest BCUT2D eigenvalue weighted by Crippen LogP contribution is 2.32. The van der Waals surface area contributed by atoms with Crippen LogP contribution in [-0.2, 0) is 4.79 Å². The summed E-state index contributed by atoms with van der Waals surface area (Å²) in [4.78, 5) is 13.6. The van der Waals surface area contributed by atoms with Crippen LogP contribution in [-0.4, -0.2) is 29.1 Å². The van der Waals surface area contributed by atoms with Crippen LogP contribution in [0, 0.1) is 0 Å². The fourth-order valence-electron chi connectivity index (χ4n) is 2.92. The number of aliphatic carboxylic acids is 1. The Labute approximate surface area is 119 Å². The van der Waals surface area contributed by atoms with Crippen LogP contribution in [0.15, 0.2) is 24.3 Å². The normalized spacial score (nSPS) is 18.5. The third-order valence-electron chi connectivity index (χ3n) is 3.99. The molecule has 0 aliphatic heterocycles. The Morgan fingerprint density at radius 2 is 1.95 bits per heavy atom. The fraction of sp³-hybridized carbons (Fsp3) is 0.533. The summed E-state index contributed by atoms with van der Waals surface area (Å²) in [5.41, 5.74) is 0.685. The second-order valence-corrected chi connectivity index (χ2v) is 5.63. The van der Waals surface area contributed by atoms with E-state index in [1.807, 2.05) is 24.1 Å². The van der Waals surface area contributed by atoms with E-state index in [9.17, 15) is 9.90 Å². The van der Waals surface area contributed by atoms with Crippen molar-refractivity contribution in [3.05, 3.63) is 34.9 Å². The Morgan fingerprint density at radius 1 is 1.32 bits per heavy atom. The molecule has 1 atom stereocenters. The van der Waals surface area contributed by atoms with Gasteiger partial charge in [0.1, 0.15) is 6.04 Å². The summed E-state index contributed by atoms with van der Waals surface area (Å²) < 4.78 is 0. The number of nitrogens with zero attached hydrogens (tertiary/aromatic N) is 1. The number of carbonyl (C=O) groups is 1. The molecule has 1 aromatic carbocycles. The molecule has 0 bridgehead atoms. The van der Waals surface area contributed by atoms with E-state index in [-0.39, 0.29) is 0 Å². The van der Waals surface area contributed by atoms with Gasteiger partial charge in [0.25, 0.3) is 0 Å². The summed E-state index contributed by atoms with van der Waals surface area (Å²) in [5.74, 6) is -0.832. The quantitative estimate of drug-likeness (QED) is 0.914. The molecule has 1 aromatic rings. The van der Waals surface area contributed by atoms with Gasteiger partial charge < -0.3 is 5.11 Å². The van der Waals surface area contributed by atoms with Crippen LogP contribution in [0.3, 0.4) is 0 Å². The molecule has 1 saturated carbocycles. The fourth-order valence-corrected chi connectivity index (χ4v) is 3.16. The zero-order valence-corrected chi connectivity index (χ0v) is 11.9. The van der Waals surface area contributed by atoms with Crippen LogP contribution < -0.4 is 0 Å². The van der Waals surface area contributed by atoms with E-state index in [1.165, 1.54) is 19.3 Å². The highest BCUT2D eigenvalue weighted by molar-refractivity contribution is 6.31. The van der Waals surface area contributed by atoms with Crippen molar-refractivity contribution in [1.82, 2.24) is 4.90 Å². The van der Waals surface area contributed by atoms with Gasteiger partial charge in [0.15, 0.2) is 0 Å². The average Bonchev–Trinajstić information content (AvgIpc) is 2.42. The SMILES string of the molecule is CN(C1CCCCC1)C(C(=O)O)c1ccccc1Cl. The van der Waals surface area contributed by atoms with Crippen molar-refractivity contribution in [2.24, 2.45) is 0 Å². The van der Waals surface area contributed by atoms with Crippen molar-refractivity contribution in [2.75, 3.05) is 7.05 Å². The van der Waals surface area contributed by atoms with Gasteiger partial charge >= 0.3 is 5.97 Å². The first-order chi connectivity index (χ1) is 9.11. The van der Waals surface area contributed by atoms with Crippen molar-refractivity contribution in [2.45, 2.75) is 44.2 Å². The molecule has 1 aliphatic rings. The van der Waals surface area contributed by atoms with E-state index in [2.05, 4.69) is 0 Å². The van der Waals surface area contributed by atoms with E-state index < -0.39 is 12.0 Å². The molecule has 2 rings (SSSR count). The average molecular weight is 282 g/mol. The van der Waals surface area contributed by atoms with Gasteiger partial charge in [-0.15, -0.1) is 0 Å². The molecule has 0 spiro atoms. The molecule has 0 radical (unpaired) electrons. The van der Waals surface area contributed by atoms with E-state index in [0.29, 0.717) is 16.6 Å². The number of hydrogen-bond acceptors (Lipinski definition) is 2. The maximum atomic E-state index is 11.6. The summed E-state index contributed by atoms with van der Waals surface area (Å²) in [6.45, 7) is 0. The minimum absolute atomic E-state index is 0.339. The van der Waals surface area contributed by atoms with Gasteiger partial charge in [-0.1, -0.05) is 49.1 Å². The molecule has 4 heteroatoms. The van der Waals surface area contributed by atoms with E-state index in [0.717, 1.165) is 12.8 Å². The molecule has 0 heterocycles. The van der Waals surface area contributed by atoms with Crippen LogP contribution >= 0.6 is 11.6 Å². The Bertz CT molecular complexity index is 444. The third-order valence-corrected chi connectivity index (χ3v) is 4.34. The Balaban J connectivity index is 2.25. The van der Waals surface area contributed by atoms with E-state index in [4.69, 9.17) is 11.6 Å². The monoisotopic (exact) mass is 281 g/mol. The minimum Gasteiger partial charge on any atom is -0.480 e. The summed E-state index contributed by atoms with van der Waals surface area (Å²) in [6.07, 6.45) is 5.78. The first kappa shape index (κ1) is 14.4. The highest BCUT2D eigenvalue weighted by Gasteiger charge is 2.31. The van der Waals surface area contributed by atoms with Gasteiger partial charge in [-0.25, -0.2) is 0 Å². The number of carboxylic acids is 1. The van der Waals surface area contributed by atoms with Crippen LogP contribution in [0.4, 0.5) is 0 Å². The summed E-state index contributed by atoms with van der Waals surface area (Å²) in [7, 11) is 1.90. The Kier molecular flexibility index (Phi) is 4.83. The number of likely N-dealkylation sites (N-methyl/N-ethyl adjacent to an activating group) is 1. The van der Waals surface area contributed by atoms with Gasteiger partial charge in [-0.2, -0.15) is 0 Å². The lowest BCUT2D eigenvalue weighted by molar-refractivity contribution is -0.144. The molecule has 1 fully saturated rings. The van der Waals surface area contributed by atoms with Crippen molar-refractivity contribution in [1.29, 1.82) is 0 Å². The van der Waals surface area contributed by atoms with Gasteiger partial charge in [-0.05, 0) is 31.5 Å². The molecule has 1 N–H and O–H groups in total. The second kappa shape index (κ2) is 6.40. The van der Waals surface area contributed by atoms with Crippen molar-refractivity contribution in [3.8, 4) is 0 Å². The predicted molar refractivity (Wildman–Crippen MR) is 76.5 cm³/mol. The lowest BCUT2D eigenvalue weighted by atomic mass is 9.92. The molecular weight excluding hydrogens is 262 g/mol.